The lowest BCUT2D eigenvalue weighted by Crippen LogP contribution is -2.14. The predicted octanol–water partition coefficient (Wildman–Crippen LogP) is 4.23. The third-order valence-electron chi connectivity index (χ3n) is 6.01. The quantitative estimate of drug-likeness (QED) is 0.377. The van der Waals surface area contributed by atoms with E-state index in [0.717, 1.165) is 28.2 Å². The van der Waals surface area contributed by atoms with Crippen molar-refractivity contribution in [3.05, 3.63) is 89.2 Å². The Kier molecular flexibility index (Phi) is 4.95. The van der Waals surface area contributed by atoms with Crippen LogP contribution >= 0.6 is 0 Å². The van der Waals surface area contributed by atoms with Crippen molar-refractivity contribution in [2.24, 2.45) is 0 Å². The molecular formula is C26H21N7O2. The molecule has 0 N–H and O–H groups in total. The van der Waals surface area contributed by atoms with Gasteiger partial charge in [-0.25, -0.2) is 29.7 Å². The van der Waals surface area contributed by atoms with Gasteiger partial charge in [-0.3, -0.25) is 4.57 Å². The van der Waals surface area contributed by atoms with Crippen molar-refractivity contribution >= 4 is 22.3 Å². The number of oxazole rings is 1. The zero-order valence-electron chi connectivity index (χ0n) is 19.2. The molecule has 0 saturated carbocycles. The summed E-state index contributed by atoms with van der Waals surface area (Å²) in [6.45, 7) is 4.98. The molecule has 0 saturated heterocycles. The Balaban J connectivity index is 1.52. The van der Waals surface area contributed by atoms with Crippen molar-refractivity contribution < 1.29 is 4.42 Å². The van der Waals surface area contributed by atoms with E-state index in [1.807, 2.05) is 60.9 Å². The number of fused-ring (bicyclic) bond motifs is 2. The number of rotatable bonds is 5. The van der Waals surface area contributed by atoms with Crippen molar-refractivity contribution in [2.75, 3.05) is 0 Å². The molecule has 0 amide bonds. The molecule has 0 bridgehead atoms. The number of hydrogen-bond donors (Lipinski definition) is 0. The molecule has 0 spiro atoms. The topological polar surface area (TPSA) is 105 Å². The van der Waals surface area contributed by atoms with E-state index in [1.54, 1.807) is 23.0 Å². The Hall–Kier alpha value is -4.66. The van der Waals surface area contributed by atoms with Gasteiger partial charge in [0.05, 0.1) is 17.6 Å². The van der Waals surface area contributed by atoms with Gasteiger partial charge in [-0.1, -0.05) is 30.3 Å². The van der Waals surface area contributed by atoms with E-state index in [0.29, 0.717) is 41.2 Å². The molecule has 2 aromatic carbocycles. The van der Waals surface area contributed by atoms with Gasteiger partial charge >= 0.3 is 5.76 Å². The first-order chi connectivity index (χ1) is 17.1. The Labute approximate surface area is 199 Å². The second-order valence-electron chi connectivity index (χ2n) is 8.22. The molecule has 0 atom stereocenters. The van der Waals surface area contributed by atoms with Crippen molar-refractivity contribution in [3.63, 3.8) is 0 Å². The van der Waals surface area contributed by atoms with E-state index in [1.165, 1.54) is 6.33 Å². The predicted molar refractivity (Wildman–Crippen MR) is 132 cm³/mol. The highest BCUT2D eigenvalue weighted by Gasteiger charge is 2.19. The first-order valence-corrected chi connectivity index (χ1v) is 11.3. The molecule has 6 aromatic rings. The minimum absolute atomic E-state index is 0.397. The van der Waals surface area contributed by atoms with Crippen molar-refractivity contribution in [2.45, 2.75) is 26.9 Å². The molecule has 0 aliphatic rings. The highest BCUT2D eigenvalue weighted by molar-refractivity contribution is 5.92. The lowest BCUT2D eigenvalue weighted by Gasteiger charge is -2.06. The maximum atomic E-state index is 12.6. The van der Waals surface area contributed by atoms with Gasteiger partial charge < -0.3 is 8.98 Å². The number of benzene rings is 2. The molecule has 4 aromatic heterocycles. The summed E-state index contributed by atoms with van der Waals surface area (Å²) in [5, 5.41) is 0. The van der Waals surface area contributed by atoms with Gasteiger partial charge in [-0.2, -0.15) is 0 Å². The standard InChI is InChI=1S/C26H21N7O2/c1-3-32-24(19-12-27-16(2)28-13-19)31-23-22(29-15-30-25(23)32)18-9-10-21-20(11-18)33(26(34)35-21)14-17-7-5-4-6-8-17/h4-13,15H,3,14H2,1-2H3. The lowest BCUT2D eigenvalue weighted by molar-refractivity contribution is 0.517. The smallest absolute Gasteiger partial charge is 0.408 e. The Morgan fingerprint density at radius 1 is 0.914 bits per heavy atom. The minimum atomic E-state index is -0.397. The molecule has 0 fully saturated rings. The third-order valence-corrected chi connectivity index (χ3v) is 6.01. The van der Waals surface area contributed by atoms with E-state index in [9.17, 15) is 4.79 Å². The zero-order chi connectivity index (χ0) is 23.9. The second-order valence-corrected chi connectivity index (χ2v) is 8.22. The molecule has 0 aliphatic heterocycles. The normalized spacial score (nSPS) is 11.5. The highest BCUT2D eigenvalue weighted by Crippen LogP contribution is 2.31. The number of aryl methyl sites for hydroxylation is 2. The van der Waals surface area contributed by atoms with Crippen molar-refractivity contribution in [3.8, 4) is 22.6 Å². The minimum Gasteiger partial charge on any atom is -0.408 e. The van der Waals surface area contributed by atoms with Crippen LogP contribution in [-0.2, 0) is 13.1 Å². The molecule has 172 valence electrons. The second kappa shape index (κ2) is 8.28. The van der Waals surface area contributed by atoms with Gasteiger partial charge in [0.2, 0.25) is 0 Å². The summed E-state index contributed by atoms with van der Waals surface area (Å²) in [5.74, 6) is 1.03. The summed E-state index contributed by atoms with van der Waals surface area (Å²) in [5.41, 5.74) is 5.94. The van der Waals surface area contributed by atoms with Crippen LogP contribution in [0.2, 0.25) is 0 Å². The van der Waals surface area contributed by atoms with Crippen LogP contribution in [0, 0.1) is 6.92 Å². The van der Waals surface area contributed by atoms with Gasteiger partial charge in [0.25, 0.3) is 0 Å². The molecule has 35 heavy (non-hydrogen) atoms. The summed E-state index contributed by atoms with van der Waals surface area (Å²) in [7, 11) is 0. The molecule has 0 aliphatic carbocycles. The van der Waals surface area contributed by atoms with Gasteiger partial charge in [0, 0.05) is 24.5 Å². The Bertz CT molecular complexity index is 1730. The lowest BCUT2D eigenvalue weighted by atomic mass is 10.1. The first-order valence-electron chi connectivity index (χ1n) is 11.3. The SMILES string of the molecule is CCn1c(-c2cnc(C)nc2)nc2c(-c3ccc4oc(=O)n(Cc5ccccc5)c4c3)ncnc21. The number of hydrogen-bond acceptors (Lipinski definition) is 7. The Morgan fingerprint density at radius 3 is 2.49 bits per heavy atom. The third kappa shape index (κ3) is 3.57. The highest BCUT2D eigenvalue weighted by atomic mass is 16.4. The number of aromatic nitrogens is 7. The van der Waals surface area contributed by atoms with Crippen molar-refractivity contribution in [1.82, 2.24) is 34.1 Å². The van der Waals surface area contributed by atoms with E-state index >= 15 is 0 Å². The summed E-state index contributed by atoms with van der Waals surface area (Å²) >= 11 is 0. The fraction of sp³-hybridized carbons (Fsp3) is 0.154. The molecule has 6 rings (SSSR count). The van der Waals surface area contributed by atoms with Crippen LogP contribution in [0.4, 0.5) is 0 Å². The molecule has 9 heteroatoms. The van der Waals surface area contributed by atoms with Crippen LogP contribution in [0.5, 0.6) is 0 Å². The summed E-state index contributed by atoms with van der Waals surface area (Å²) < 4.78 is 9.15. The van der Waals surface area contributed by atoms with Crippen LogP contribution in [-0.4, -0.2) is 34.1 Å². The maximum Gasteiger partial charge on any atom is 0.420 e. The van der Waals surface area contributed by atoms with E-state index in [-0.39, 0.29) is 0 Å². The Morgan fingerprint density at radius 2 is 1.71 bits per heavy atom. The molecule has 0 unspecified atom stereocenters. The summed E-state index contributed by atoms with van der Waals surface area (Å²) in [4.78, 5) is 35.2. The molecule has 9 nitrogen and oxygen atoms in total. The fourth-order valence-corrected chi connectivity index (χ4v) is 4.30. The molecule has 4 heterocycles. The summed E-state index contributed by atoms with van der Waals surface area (Å²) in [6.07, 6.45) is 5.07. The van der Waals surface area contributed by atoms with Gasteiger partial charge in [0.1, 0.15) is 29.2 Å². The van der Waals surface area contributed by atoms with Crippen LogP contribution < -0.4 is 5.76 Å². The van der Waals surface area contributed by atoms with Crippen LogP contribution in [0.15, 0.2) is 76.5 Å². The molecular weight excluding hydrogens is 442 g/mol. The monoisotopic (exact) mass is 463 g/mol. The average Bonchev–Trinajstić information content (AvgIpc) is 3.42. The van der Waals surface area contributed by atoms with Gasteiger partial charge in [0.15, 0.2) is 11.2 Å². The zero-order valence-corrected chi connectivity index (χ0v) is 19.2. The van der Waals surface area contributed by atoms with Crippen LogP contribution in [0.25, 0.3) is 44.9 Å². The van der Waals surface area contributed by atoms with Crippen molar-refractivity contribution in [1.29, 1.82) is 0 Å². The first kappa shape index (κ1) is 20.9. The van der Waals surface area contributed by atoms with Gasteiger partial charge in [-0.05, 0) is 37.6 Å². The van der Waals surface area contributed by atoms with Crippen LogP contribution in [0.3, 0.4) is 0 Å². The number of imidazole rings is 1. The summed E-state index contributed by atoms with van der Waals surface area (Å²) in [6, 6.07) is 15.4. The largest absolute Gasteiger partial charge is 0.420 e. The van der Waals surface area contributed by atoms with E-state index in [2.05, 4.69) is 19.9 Å². The molecule has 0 radical (unpaired) electrons. The number of nitrogens with zero attached hydrogens (tertiary/aromatic N) is 7. The van der Waals surface area contributed by atoms with E-state index in [4.69, 9.17) is 9.40 Å². The maximum absolute atomic E-state index is 12.6. The van der Waals surface area contributed by atoms with E-state index < -0.39 is 5.76 Å². The van der Waals surface area contributed by atoms with Gasteiger partial charge in [-0.15, -0.1) is 0 Å². The fourth-order valence-electron chi connectivity index (χ4n) is 4.30. The van der Waals surface area contributed by atoms with Crippen LogP contribution in [0.1, 0.15) is 18.3 Å². The average molecular weight is 464 g/mol.